The Morgan fingerprint density at radius 2 is 2.22 bits per heavy atom. The summed E-state index contributed by atoms with van der Waals surface area (Å²) < 4.78 is 10.6. The van der Waals surface area contributed by atoms with E-state index in [4.69, 9.17) is 9.47 Å². The second kappa shape index (κ2) is 5.44. The highest BCUT2D eigenvalue weighted by Crippen LogP contribution is 2.34. The third kappa shape index (κ3) is 2.36. The van der Waals surface area contributed by atoms with Gasteiger partial charge in [0.2, 0.25) is 0 Å². The Bertz CT molecular complexity index is 428. The van der Waals surface area contributed by atoms with Crippen LogP contribution < -0.4 is 0 Å². The summed E-state index contributed by atoms with van der Waals surface area (Å²) in [6.45, 7) is 5.13. The molecule has 0 amide bonds. The molecule has 2 rings (SSSR count). The summed E-state index contributed by atoms with van der Waals surface area (Å²) in [6, 6.07) is 1.80. The normalized spacial score (nSPS) is 18.3. The summed E-state index contributed by atoms with van der Waals surface area (Å²) in [5.74, 6) is 0.467. The summed E-state index contributed by atoms with van der Waals surface area (Å²) in [4.78, 5) is 20.8. The molecule has 1 aromatic rings. The number of carbonyl (C=O) groups excluding carboxylic acids is 1. The average molecular weight is 250 g/mol. The number of hydrogen-bond acceptors (Lipinski definition) is 5. The standard InChI is InChI=1S/C13H18N2O3/c1-3-18-12(16)13(5-8-17-9-6-13)11-4-7-14-10(2)15-11/h4,7H,3,5-6,8-9H2,1-2H3. The van der Waals surface area contributed by atoms with Crippen LogP contribution in [0.4, 0.5) is 0 Å². The molecule has 0 atom stereocenters. The first-order valence-electron chi connectivity index (χ1n) is 6.24. The molecule has 5 nitrogen and oxygen atoms in total. The molecule has 0 aliphatic carbocycles. The molecule has 1 aromatic heterocycles. The van der Waals surface area contributed by atoms with Crippen LogP contribution in [-0.2, 0) is 19.7 Å². The number of hydrogen-bond donors (Lipinski definition) is 0. The molecule has 1 aliphatic heterocycles. The first kappa shape index (κ1) is 13.0. The second-order valence-corrected chi connectivity index (χ2v) is 4.40. The van der Waals surface area contributed by atoms with Gasteiger partial charge in [0.25, 0.3) is 0 Å². The van der Waals surface area contributed by atoms with Gasteiger partial charge in [0.1, 0.15) is 11.2 Å². The highest BCUT2D eigenvalue weighted by molar-refractivity contribution is 5.82. The largest absolute Gasteiger partial charge is 0.465 e. The fourth-order valence-electron chi connectivity index (χ4n) is 2.28. The lowest BCUT2D eigenvalue weighted by molar-refractivity contribution is -0.154. The van der Waals surface area contributed by atoms with Gasteiger partial charge in [-0.1, -0.05) is 0 Å². The molecule has 5 heteroatoms. The Morgan fingerprint density at radius 1 is 1.50 bits per heavy atom. The predicted octanol–water partition coefficient (Wildman–Crippen LogP) is 1.40. The van der Waals surface area contributed by atoms with Gasteiger partial charge in [-0.05, 0) is 32.8 Å². The first-order chi connectivity index (χ1) is 8.69. The SMILES string of the molecule is CCOC(=O)C1(c2ccnc(C)n2)CCOCC1. The molecule has 2 heterocycles. The van der Waals surface area contributed by atoms with Crippen molar-refractivity contribution in [2.75, 3.05) is 19.8 Å². The molecule has 0 radical (unpaired) electrons. The highest BCUT2D eigenvalue weighted by Gasteiger charge is 2.44. The van der Waals surface area contributed by atoms with Crippen LogP contribution in [0.5, 0.6) is 0 Å². The summed E-state index contributed by atoms with van der Waals surface area (Å²) in [7, 11) is 0. The minimum atomic E-state index is -0.665. The van der Waals surface area contributed by atoms with Crippen LogP contribution in [0.1, 0.15) is 31.3 Å². The smallest absolute Gasteiger partial charge is 0.318 e. The number of carbonyl (C=O) groups is 1. The highest BCUT2D eigenvalue weighted by atomic mass is 16.5. The van der Waals surface area contributed by atoms with Crippen molar-refractivity contribution in [3.63, 3.8) is 0 Å². The van der Waals surface area contributed by atoms with E-state index >= 15 is 0 Å². The first-order valence-corrected chi connectivity index (χ1v) is 6.24. The lowest BCUT2D eigenvalue weighted by Crippen LogP contribution is -2.43. The van der Waals surface area contributed by atoms with Gasteiger partial charge in [0.15, 0.2) is 0 Å². The molecule has 0 aromatic carbocycles. The van der Waals surface area contributed by atoms with E-state index in [1.54, 1.807) is 12.3 Å². The van der Waals surface area contributed by atoms with Crippen LogP contribution >= 0.6 is 0 Å². The third-order valence-electron chi connectivity index (χ3n) is 3.28. The van der Waals surface area contributed by atoms with Gasteiger partial charge < -0.3 is 9.47 Å². The quantitative estimate of drug-likeness (QED) is 0.759. The van der Waals surface area contributed by atoms with Gasteiger partial charge in [0, 0.05) is 19.4 Å². The minimum absolute atomic E-state index is 0.202. The Kier molecular flexibility index (Phi) is 3.91. The van der Waals surface area contributed by atoms with Crippen LogP contribution in [0.25, 0.3) is 0 Å². The van der Waals surface area contributed by atoms with Gasteiger partial charge in [0.05, 0.1) is 12.3 Å². The molecular weight excluding hydrogens is 232 g/mol. The van der Waals surface area contributed by atoms with Gasteiger partial charge in [-0.25, -0.2) is 9.97 Å². The van der Waals surface area contributed by atoms with Crippen molar-refractivity contribution in [1.29, 1.82) is 0 Å². The van der Waals surface area contributed by atoms with Gasteiger partial charge in [-0.3, -0.25) is 4.79 Å². The Hall–Kier alpha value is -1.49. The van der Waals surface area contributed by atoms with Gasteiger partial charge in [-0.15, -0.1) is 0 Å². The van der Waals surface area contributed by atoms with Crippen LogP contribution in [0.15, 0.2) is 12.3 Å². The molecule has 98 valence electrons. The Balaban J connectivity index is 2.38. The number of ether oxygens (including phenoxy) is 2. The molecule has 0 bridgehead atoms. The number of aromatic nitrogens is 2. The average Bonchev–Trinajstić information content (AvgIpc) is 2.40. The molecule has 0 N–H and O–H groups in total. The number of esters is 1. The third-order valence-corrected chi connectivity index (χ3v) is 3.28. The van der Waals surface area contributed by atoms with Crippen LogP contribution in [0, 0.1) is 6.92 Å². The zero-order valence-electron chi connectivity index (χ0n) is 10.8. The molecule has 0 unspecified atom stereocenters. The lowest BCUT2D eigenvalue weighted by Gasteiger charge is -2.34. The molecule has 1 fully saturated rings. The maximum Gasteiger partial charge on any atom is 0.318 e. The monoisotopic (exact) mass is 250 g/mol. The van der Waals surface area contributed by atoms with E-state index in [1.807, 2.05) is 13.8 Å². The van der Waals surface area contributed by atoms with Crippen molar-refractivity contribution in [2.24, 2.45) is 0 Å². The molecule has 18 heavy (non-hydrogen) atoms. The topological polar surface area (TPSA) is 61.3 Å². The zero-order valence-corrected chi connectivity index (χ0v) is 10.8. The Labute approximate surface area is 107 Å². The minimum Gasteiger partial charge on any atom is -0.465 e. The molecule has 1 saturated heterocycles. The molecule has 0 spiro atoms. The summed E-state index contributed by atoms with van der Waals surface area (Å²) in [5.41, 5.74) is 0.0823. The van der Waals surface area contributed by atoms with Crippen molar-refractivity contribution in [1.82, 2.24) is 9.97 Å². The van der Waals surface area contributed by atoms with Crippen molar-refractivity contribution in [3.05, 3.63) is 23.8 Å². The van der Waals surface area contributed by atoms with Crippen LogP contribution in [-0.4, -0.2) is 35.8 Å². The van der Waals surface area contributed by atoms with E-state index in [2.05, 4.69) is 9.97 Å². The second-order valence-electron chi connectivity index (χ2n) is 4.40. The maximum absolute atomic E-state index is 12.3. The lowest BCUT2D eigenvalue weighted by atomic mass is 9.77. The van der Waals surface area contributed by atoms with Crippen molar-refractivity contribution < 1.29 is 14.3 Å². The van der Waals surface area contributed by atoms with E-state index in [0.29, 0.717) is 38.5 Å². The van der Waals surface area contributed by atoms with Crippen LogP contribution in [0.2, 0.25) is 0 Å². The predicted molar refractivity (Wildman–Crippen MR) is 65.1 cm³/mol. The molecule has 0 saturated carbocycles. The van der Waals surface area contributed by atoms with E-state index in [9.17, 15) is 4.79 Å². The van der Waals surface area contributed by atoms with Crippen molar-refractivity contribution >= 4 is 5.97 Å². The Morgan fingerprint density at radius 3 is 2.83 bits per heavy atom. The van der Waals surface area contributed by atoms with Gasteiger partial charge in [-0.2, -0.15) is 0 Å². The fraction of sp³-hybridized carbons (Fsp3) is 0.615. The number of aryl methyl sites for hydroxylation is 1. The van der Waals surface area contributed by atoms with E-state index < -0.39 is 5.41 Å². The fourth-order valence-corrected chi connectivity index (χ4v) is 2.28. The summed E-state index contributed by atoms with van der Waals surface area (Å²) >= 11 is 0. The van der Waals surface area contributed by atoms with Gasteiger partial charge >= 0.3 is 5.97 Å². The van der Waals surface area contributed by atoms with Crippen LogP contribution in [0.3, 0.4) is 0 Å². The van der Waals surface area contributed by atoms with E-state index in [-0.39, 0.29) is 5.97 Å². The number of nitrogens with zero attached hydrogens (tertiary/aromatic N) is 2. The van der Waals surface area contributed by atoms with Crippen molar-refractivity contribution in [3.8, 4) is 0 Å². The van der Waals surface area contributed by atoms with Crippen molar-refractivity contribution in [2.45, 2.75) is 32.1 Å². The summed E-state index contributed by atoms with van der Waals surface area (Å²) in [5, 5.41) is 0. The maximum atomic E-state index is 12.3. The molecule has 1 aliphatic rings. The summed E-state index contributed by atoms with van der Waals surface area (Å²) in [6.07, 6.45) is 2.92. The zero-order chi connectivity index (χ0) is 13.0. The number of rotatable bonds is 3. The molecular formula is C13H18N2O3. The van der Waals surface area contributed by atoms with E-state index in [0.717, 1.165) is 5.69 Å². The van der Waals surface area contributed by atoms with E-state index in [1.165, 1.54) is 0 Å².